The van der Waals surface area contributed by atoms with Crippen LogP contribution >= 0.6 is 0 Å². The summed E-state index contributed by atoms with van der Waals surface area (Å²) in [4.78, 5) is 0. The zero-order valence-corrected chi connectivity index (χ0v) is 10.9. The fourth-order valence-electron chi connectivity index (χ4n) is 1.66. The molecule has 0 saturated carbocycles. The van der Waals surface area contributed by atoms with Crippen molar-refractivity contribution in [1.29, 1.82) is 0 Å². The minimum Gasteiger partial charge on any atom is -0.0653 e. The average molecular weight is 199 g/mol. The summed E-state index contributed by atoms with van der Waals surface area (Å²) in [6.45, 7) is 6.96. The molecule has 0 aromatic heterocycles. The maximum atomic E-state index is 2.32. The largest absolute Gasteiger partial charge is 0.314 e. The molecule has 0 aliphatic rings. The Balaban J connectivity index is 3.47. The van der Waals surface area contributed by atoms with Gasteiger partial charge in [-0.1, -0.05) is 40.0 Å². The van der Waals surface area contributed by atoms with Crippen molar-refractivity contribution < 1.29 is 0 Å². The highest BCUT2D eigenvalue weighted by atomic mass is 28.3. The summed E-state index contributed by atoms with van der Waals surface area (Å²) in [6.07, 6.45) is 8.65. The van der Waals surface area contributed by atoms with E-state index in [4.69, 9.17) is 0 Å². The van der Waals surface area contributed by atoms with Crippen molar-refractivity contribution >= 4 is 8.80 Å². The summed E-state index contributed by atoms with van der Waals surface area (Å²) in [7, 11) is 0.0675. The minimum atomic E-state index is 0.0675. The zero-order valence-electron chi connectivity index (χ0n) is 9.86. The third-order valence-corrected chi connectivity index (χ3v) is 5.83. The van der Waals surface area contributed by atoms with Gasteiger partial charge in [0.05, 0.1) is 18.1 Å². The lowest BCUT2D eigenvalue weighted by molar-refractivity contribution is 0.812. The third-order valence-electron chi connectivity index (χ3n) is 2.65. The van der Waals surface area contributed by atoms with E-state index in [-0.39, 0.29) is 8.80 Å². The molecule has 0 N–H and O–H groups in total. The van der Waals surface area contributed by atoms with Crippen LogP contribution in [0.2, 0.25) is 18.1 Å². The Bertz CT molecular complexity index is 72.1. The van der Waals surface area contributed by atoms with Crippen molar-refractivity contribution in [3.63, 3.8) is 0 Å². The van der Waals surface area contributed by atoms with Crippen LogP contribution < -0.4 is 0 Å². The normalized spacial score (nSPS) is 10.4. The minimum absolute atomic E-state index is 0.0675. The van der Waals surface area contributed by atoms with Gasteiger partial charge in [-0.15, -0.1) is 0 Å². The van der Waals surface area contributed by atoms with E-state index >= 15 is 0 Å². The second kappa shape index (κ2) is 10.3. The lowest BCUT2D eigenvalue weighted by Gasteiger charge is -2.00. The second-order valence-corrected chi connectivity index (χ2v) is 7.06. The molecule has 0 bridgehead atoms. The van der Waals surface area contributed by atoms with Gasteiger partial charge in [-0.25, -0.2) is 0 Å². The van der Waals surface area contributed by atoms with Gasteiger partial charge < -0.3 is 0 Å². The Morgan fingerprint density at radius 1 is 0.615 bits per heavy atom. The summed E-state index contributed by atoms with van der Waals surface area (Å²) in [5.41, 5.74) is 0. The first kappa shape index (κ1) is 13.2. The third kappa shape index (κ3) is 8.54. The molecule has 0 aliphatic heterocycles. The van der Waals surface area contributed by atoms with E-state index in [0.717, 1.165) is 0 Å². The molecular formula is C12H27Si+. The van der Waals surface area contributed by atoms with Gasteiger partial charge in [-0.3, -0.25) is 0 Å². The topological polar surface area (TPSA) is 0 Å². The van der Waals surface area contributed by atoms with E-state index in [2.05, 4.69) is 20.8 Å². The molecular weight excluding hydrogens is 172 g/mol. The van der Waals surface area contributed by atoms with Crippen LogP contribution in [0.3, 0.4) is 0 Å². The number of hydrogen-bond acceptors (Lipinski definition) is 0. The Kier molecular flexibility index (Phi) is 10.5. The number of unbranched alkanes of at least 4 members (excludes halogenated alkanes) is 3. The van der Waals surface area contributed by atoms with Crippen molar-refractivity contribution in [1.82, 2.24) is 0 Å². The first-order chi connectivity index (χ1) is 6.35. The standard InChI is InChI=1S/C12H27Si/c1-4-7-10-13(11-8-5-2)12-9-6-3/h4-12H2,1-3H3/q+1. The SMILES string of the molecule is CCCC[Si+](CCCC)CCCC. The van der Waals surface area contributed by atoms with Crippen molar-refractivity contribution in [2.75, 3.05) is 0 Å². The molecule has 0 saturated heterocycles. The molecule has 0 fully saturated rings. The van der Waals surface area contributed by atoms with Crippen molar-refractivity contribution in [2.45, 2.75) is 77.4 Å². The molecule has 0 radical (unpaired) electrons. The van der Waals surface area contributed by atoms with E-state index < -0.39 is 0 Å². The molecule has 0 heterocycles. The van der Waals surface area contributed by atoms with Crippen LogP contribution in [0.1, 0.15) is 59.3 Å². The fraction of sp³-hybridized carbons (Fsp3) is 1.00. The maximum Gasteiger partial charge on any atom is 0.314 e. The Morgan fingerprint density at radius 2 is 0.923 bits per heavy atom. The molecule has 0 atom stereocenters. The molecule has 0 unspecified atom stereocenters. The van der Waals surface area contributed by atoms with Crippen LogP contribution in [0.25, 0.3) is 0 Å². The lowest BCUT2D eigenvalue weighted by Crippen LogP contribution is -2.11. The van der Waals surface area contributed by atoms with Crippen LogP contribution in [-0.2, 0) is 0 Å². The molecule has 13 heavy (non-hydrogen) atoms. The van der Waals surface area contributed by atoms with Gasteiger partial charge in [0.1, 0.15) is 0 Å². The van der Waals surface area contributed by atoms with E-state index in [0.29, 0.717) is 0 Å². The molecule has 0 aromatic rings. The highest BCUT2D eigenvalue weighted by Gasteiger charge is 2.23. The Hall–Kier alpha value is 0.217. The summed E-state index contributed by atoms with van der Waals surface area (Å²) in [5, 5.41) is 0. The Morgan fingerprint density at radius 3 is 1.15 bits per heavy atom. The summed E-state index contributed by atoms with van der Waals surface area (Å²) < 4.78 is 0. The first-order valence-electron chi connectivity index (χ1n) is 6.18. The van der Waals surface area contributed by atoms with Crippen LogP contribution in [0, 0.1) is 0 Å². The highest BCUT2D eigenvalue weighted by molar-refractivity contribution is 6.58. The van der Waals surface area contributed by atoms with Gasteiger partial charge >= 0.3 is 8.80 Å². The lowest BCUT2D eigenvalue weighted by atomic mass is 10.4. The van der Waals surface area contributed by atoms with Gasteiger partial charge in [0.2, 0.25) is 0 Å². The number of rotatable bonds is 9. The fourth-order valence-corrected chi connectivity index (χ4v) is 4.97. The van der Waals surface area contributed by atoms with Crippen LogP contribution in [0.5, 0.6) is 0 Å². The molecule has 0 aromatic carbocycles. The van der Waals surface area contributed by atoms with Crippen molar-refractivity contribution in [3.8, 4) is 0 Å². The molecule has 1 heteroatoms. The molecule has 0 spiro atoms. The maximum absolute atomic E-state index is 2.32. The van der Waals surface area contributed by atoms with Crippen LogP contribution in [0.15, 0.2) is 0 Å². The van der Waals surface area contributed by atoms with Crippen LogP contribution in [0.4, 0.5) is 0 Å². The van der Waals surface area contributed by atoms with Gasteiger partial charge in [-0.2, -0.15) is 0 Å². The quantitative estimate of drug-likeness (QED) is 0.464. The van der Waals surface area contributed by atoms with E-state index in [1.165, 1.54) is 38.5 Å². The predicted molar refractivity (Wildman–Crippen MR) is 64.9 cm³/mol. The monoisotopic (exact) mass is 199 g/mol. The van der Waals surface area contributed by atoms with E-state index in [1.807, 2.05) is 0 Å². The second-order valence-electron chi connectivity index (χ2n) is 4.06. The highest BCUT2D eigenvalue weighted by Crippen LogP contribution is 2.16. The molecule has 0 aliphatic carbocycles. The first-order valence-corrected chi connectivity index (χ1v) is 8.30. The molecule has 78 valence electrons. The van der Waals surface area contributed by atoms with Gasteiger partial charge in [0.25, 0.3) is 0 Å². The van der Waals surface area contributed by atoms with E-state index in [1.54, 1.807) is 18.1 Å². The smallest absolute Gasteiger partial charge is 0.0653 e. The molecule has 0 amide bonds. The van der Waals surface area contributed by atoms with Gasteiger partial charge in [0, 0.05) is 0 Å². The summed E-state index contributed by atoms with van der Waals surface area (Å²) in [5.74, 6) is 0. The zero-order chi connectivity index (χ0) is 9.94. The van der Waals surface area contributed by atoms with Crippen molar-refractivity contribution in [3.05, 3.63) is 0 Å². The summed E-state index contributed by atoms with van der Waals surface area (Å²) >= 11 is 0. The average Bonchev–Trinajstić information content (AvgIpc) is 2.17. The van der Waals surface area contributed by atoms with Crippen molar-refractivity contribution in [2.24, 2.45) is 0 Å². The van der Waals surface area contributed by atoms with E-state index in [9.17, 15) is 0 Å². The van der Waals surface area contributed by atoms with Gasteiger partial charge in [-0.05, 0) is 19.3 Å². The number of hydrogen-bond donors (Lipinski definition) is 0. The Labute approximate surface area is 86.7 Å². The summed E-state index contributed by atoms with van der Waals surface area (Å²) in [6, 6.07) is 4.75. The predicted octanol–water partition coefficient (Wildman–Crippen LogP) is 4.88. The van der Waals surface area contributed by atoms with Gasteiger partial charge in [0.15, 0.2) is 0 Å². The molecule has 0 nitrogen and oxygen atoms in total. The van der Waals surface area contributed by atoms with Crippen LogP contribution in [-0.4, -0.2) is 8.80 Å². The molecule has 0 rings (SSSR count).